The van der Waals surface area contributed by atoms with Gasteiger partial charge in [-0.15, -0.1) is 0 Å². The van der Waals surface area contributed by atoms with Gasteiger partial charge in [-0.25, -0.2) is 0 Å². The van der Waals surface area contributed by atoms with Gasteiger partial charge >= 0.3 is 5.69 Å². The molecule has 0 spiro atoms. The number of ether oxygens (including phenoxy) is 1. The average Bonchev–Trinajstić information content (AvgIpc) is 2.97. The number of amides is 1. The standard InChI is InChI=1S/C12H12N4O4/c1-20-11-6-8(2-3-10(11)16(18)19)12(17)13-7-9-4-5-14-15-9/h2-6H,7H2,1H3,(H,13,17)(H,14,15). The molecule has 0 aliphatic heterocycles. The zero-order valence-corrected chi connectivity index (χ0v) is 10.6. The molecule has 1 heterocycles. The Labute approximate surface area is 113 Å². The van der Waals surface area contributed by atoms with E-state index in [1.807, 2.05) is 0 Å². The summed E-state index contributed by atoms with van der Waals surface area (Å²) >= 11 is 0. The van der Waals surface area contributed by atoms with Crippen molar-refractivity contribution in [2.45, 2.75) is 6.54 Å². The van der Waals surface area contributed by atoms with Crippen LogP contribution in [0.5, 0.6) is 5.75 Å². The number of aromatic amines is 1. The second kappa shape index (κ2) is 5.83. The highest BCUT2D eigenvalue weighted by molar-refractivity contribution is 5.95. The Hall–Kier alpha value is -2.90. The average molecular weight is 276 g/mol. The smallest absolute Gasteiger partial charge is 0.310 e. The Morgan fingerprint density at radius 1 is 1.50 bits per heavy atom. The van der Waals surface area contributed by atoms with Crippen LogP contribution in [0, 0.1) is 10.1 Å². The lowest BCUT2D eigenvalue weighted by Crippen LogP contribution is -2.23. The molecule has 0 aliphatic rings. The Morgan fingerprint density at radius 3 is 2.90 bits per heavy atom. The molecule has 0 atom stereocenters. The molecule has 0 unspecified atom stereocenters. The van der Waals surface area contributed by atoms with Crippen LogP contribution < -0.4 is 10.1 Å². The summed E-state index contributed by atoms with van der Waals surface area (Å²) in [6, 6.07) is 5.68. The van der Waals surface area contributed by atoms with E-state index in [1.54, 1.807) is 12.3 Å². The molecule has 0 saturated carbocycles. The molecule has 1 amide bonds. The van der Waals surface area contributed by atoms with E-state index in [0.717, 1.165) is 5.69 Å². The maximum absolute atomic E-state index is 11.9. The summed E-state index contributed by atoms with van der Waals surface area (Å²) in [7, 11) is 1.31. The van der Waals surface area contributed by atoms with Crippen LogP contribution in [-0.4, -0.2) is 28.1 Å². The van der Waals surface area contributed by atoms with E-state index in [2.05, 4.69) is 15.5 Å². The van der Waals surface area contributed by atoms with Crippen LogP contribution in [0.25, 0.3) is 0 Å². The van der Waals surface area contributed by atoms with Crippen molar-refractivity contribution in [2.75, 3.05) is 7.11 Å². The molecule has 2 N–H and O–H groups in total. The molecular formula is C12H12N4O4. The summed E-state index contributed by atoms with van der Waals surface area (Å²) in [5.74, 6) is -0.308. The van der Waals surface area contributed by atoms with E-state index in [0.29, 0.717) is 0 Å². The summed E-state index contributed by atoms with van der Waals surface area (Å²) in [5, 5.41) is 19.9. The molecule has 0 saturated heterocycles. The van der Waals surface area contributed by atoms with Gasteiger partial charge in [0.1, 0.15) is 0 Å². The highest BCUT2D eigenvalue weighted by Crippen LogP contribution is 2.27. The highest BCUT2D eigenvalue weighted by Gasteiger charge is 2.17. The molecule has 104 valence electrons. The molecule has 2 rings (SSSR count). The van der Waals surface area contributed by atoms with Crippen molar-refractivity contribution in [3.8, 4) is 5.75 Å². The molecule has 20 heavy (non-hydrogen) atoms. The highest BCUT2D eigenvalue weighted by atomic mass is 16.6. The first kappa shape index (κ1) is 13.5. The summed E-state index contributed by atoms with van der Waals surface area (Å²) in [4.78, 5) is 22.1. The first-order chi connectivity index (χ1) is 9.61. The second-order valence-corrected chi connectivity index (χ2v) is 3.91. The Balaban J connectivity index is 2.12. The number of aromatic nitrogens is 2. The lowest BCUT2D eigenvalue weighted by Gasteiger charge is -2.06. The van der Waals surface area contributed by atoms with Crippen LogP contribution in [0.3, 0.4) is 0 Å². The number of hydrogen-bond donors (Lipinski definition) is 2. The molecule has 0 aliphatic carbocycles. The minimum atomic E-state index is -0.564. The number of hydrogen-bond acceptors (Lipinski definition) is 5. The predicted molar refractivity (Wildman–Crippen MR) is 69.4 cm³/mol. The van der Waals surface area contributed by atoms with Gasteiger partial charge in [-0.3, -0.25) is 20.0 Å². The van der Waals surface area contributed by atoms with Gasteiger partial charge < -0.3 is 10.1 Å². The van der Waals surface area contributed by atoms with Crippen LogP contribution in [0.15, 0.2) is 30.5 Å². The maximum Gasteiger partial charge on any atom is 0.310 e. The number of H-pyrrole nitrogens is 1. The van der Waals surface area contributed by atoms with Gasteiger partial charge in [0.25, 0.3) is 5.91 Å². The summed E-state index contributed by atoms with van der Waals surface area (Å²) in [5.41, 5.74) is 0.858. The SMILES string of the molecule is COc1cc(C(=O)NCc2ccn[nH]2)ccc1[N+](=O)[O-]. The topological polar surface area (TPSA) is 110 Å². The minimum absolute atomic E-state index is 0.0455. The van der Waals surface area contributed by atoms with Gasteiger partial charge in [0.15, 0.2) is 5.75 Å². The number of nitro benzene ring substituents is 1. The van der Waals surface area contributed by atoms with Crippen LogP contribution in [0.4, 0.5) is 5.69 Å². The monoisotopic (exact) mass is 276 g/mol. The molecule has 2 aromatic rings. The van der Waals surface area contributed by atoms with E-state index in [-0.39, 0.29) is 29.5 Å². The zero-order valence-electron chi connectivity index (χ0n) is 10.6. The Kier molecular flexibility index (Phi) is 3.94. The van der Waals surface area contributed by atoms with E-state index in [1.165, 1.54) is 25.3 Å². The van der Waals surface area contributed by atoms with Crippen LogP contribution in [-0.2, 0) is 6.54 Å². The number of nitrogens with zero attached hydrogens (tertiary/aromatic N) is 2. The maximum atomic E-state index is 11.9. The van der Waals surface area contributed by atoms with E-state index < -0.39 is 4.92 Å². The second-order valence-electron chi connectivity index (χ2n) is 3.91. The van der Waals surface area contributed by atoms with Crippen LogP contribution >= 0.6 is 0 Å². The van der Waals surface area contributed by atoms with Crippen molar-refractivity contribution >= 4 is 11.6 Å². The molecule has 0 fully saturated rings. The van der Waals surface area contributed by atoms with Crippen LogP contribution in [0.1, 0.15) is 16.1 Å². The number of carbonyl (C=O) groups excluding carboxylic acids is 1. The molecule has 0 bridgehead atoms. The third-order valence-corrected chi connectivity index (χ3v) is 2.64. The Bertz CT molecular complexity index is 624. The fourth-order valence-corrected chi connectivity index (χ4v) is 1.63. The van der Waals surface area contributed by atoms with E-state index in [9.17, 15) is 14.9 Å². The van der Waals surface area contributed by atoms with Crippen molar-refractivity contribution in [3.63, 3.8) is 0 Å². The summed E-state index contributed by atoms with van der Waals surface area (Å²) in [6.45, 7) is 0.290. The number of nitrogens with one attached hydrogen (secondary N) is 2. The molecule has 1 aromatic heterocycles. The largest absolute Gasteiger partial charge is 0.490 e. The van der Waals surface area contributed by atoms with Crippen molar-refractivity contribution in [2.24, 2.45) is 0 Å². The first-order valence-corrected chi connectivity index (χ1v) is 5.70. The number of nitro groups is 1. The fraction of sp³-hybridized carbons (Fsp3) is 0.167. The lowest BCUT2D eigenvalue weighted by molar-refractivity contribution is -0.385. The van der Waals surface area contributed by atoms with Crippen molar-refractivity contribution in [1.82, 2.24) is 15.5 Å². The summed E-state index contributed by atoms with van der Waals surface area (Å²) < 4.78 is 4.91. The number of benzene rings is 1. The molecule has 8 nitrogen and oxygen atoms in total. The molecule has 0 radical (unpaired) electrons. The molecule has 1 aromatic carbocycles. The van der Waals surface area contributed by atoms with E-state index >= 15 is 0 Å². The number of carbonyl (C=O) groups is 1. The van der Waals surface area contributed by atoms with Gasteiger partial charge in [0.05, 0.1) is 24.3 Å². The third-order valence-electron chi connectivity index (χ3n) is 2.64. The summed E-state index contributed by atoms with van der Waals surface area (Å²) in [6.07, 6.45) is 1.58. The van der Waals surface area contributed by atoms with Gasteiger partial charge in [-0.05, 0) is 12.1 Å². The van der Waals surface area contributed by atoms with Crippen molar-refractivity contribution in [1.29, 1.82) is 0 Å². The normalized spacial score (nSPS) is 10.1. The van der Waals surface area contributed by atoms with Crippen LogP contribution in [0.2, 0.25) is 0 Å². The predicted octanol–water partition coefficient (Wildman–Crippen LogP) is 1.26. The van der Waals surface area contributed by atoms with Gasteiger partial charge in [-0.2, -0.15) is 5.10 Å². The van der Waals surface area contributed by atoms with Crippen molar-refractivity contribution in [3.05, 3.63) is 51.8 Å². The lowest BCUT2D eigenvalue weighted by atomic mass is 10.1. The number of rotatable bonds is 5. The van der Waals surface area contributed by atoms with Gasteiger partial charge in [-0.1, -0.05) is 0 Å². The fourth-order valence-electron chi connectivity index (χ4n) is 1.63. The van der Waals surface area contributed by atoms with Crippen molar-refractivity contribution < 1.29 is 14.5 Å². The third kappa shape index (κ3) is 2.91. The number of methoxy groups -OCH3 is 1. The van der Waals surface area contributed by atoms with E-state index in [4.69, 9.17) is 4.74 Å². The Morgan fingerprint density at radius 2 is 2.30 bits per heavy atom. The minimum Gasteiger partial charge on any atom is -0.490 e. The molecular weight excluding hydrogens is 264 g/mol. The first-order valence-electron chi connectivity index (χ1n) is 5.70. The zero-order chi connectivity index (χ0) is 14.5. The van der Waals surface area contributed by atoms with Gasteiger partial charge in [0, 0.05) is 23.9 Å². The quantitative estimate of drug-likeness (QED) is 0.631. The van der Waals surface area contributed by atoms with Gasteiger partial charge in [0.2, 0.25) is 0 Å². The molecule has 8 heteroatoms.